The predicted octanol–water partition coefficient (Wildman–Crippen LogP) is 2.77. The van der Waals surface area contributed by atoms with Crippen LogP contribution in [0, 0.1) is 0 Å². The van der Waals surface area contributed by atoms with E-state index in [2.05, 4.69) is 27.4 Å². The van der Waals surface area contributed by atoms with E-state index < -0.39 is 0 Å². The molecule has 0 bridgehead atoms. The van der Waals surface area contributed by atoms with Gasteiger partial charge in [-0.25, -0.2) is 0 Å². The molecule has 0 atom stereocenters. The molecule has 0 nitrogen and oxygen atoms in total. The smallest absolute Gasteiger partial charge is 0 e. The van der Waals surface area contributed by atoms with Gasteiger partial charge >= 0.3 is 0 Å². The fourth-order valence-corrected chi connectivity index (χ4v) is 0.204. The van der Waals surface area contributed by atoms with Crippen LogP contribution in [-0.4, -0.2) is 0 Å². The minimum atomic E-state index is 0. The summed E-state index contributed by atoms with van der Waals surface area (Å²) in [5, 5.41) is 0. The van der Waals surface area contributed by atoms with Gasteiger partial charge in [0, 0.05) is 1.43 Å². The van der Waals surface area contributed by atoms with E-state index in [0.29, 0.717) is 0 Å². The molecule has 0 spiro atoms. The van der Waals surface area contributed by atoms with E-state index in [-0.39, 0.29) is 1.43 Å². The molecule has 7 heavy (non-hydrogen) atoms. The van der Waals surface area contributed by atoms with E-state index in [9.17, 15) is 0 Å². The van der Waals surface area contributed by atoms with Gasteiger partial charge in [0.15, 0.2) is 0 Å². The average molecular weight is 98.2 g/mol. The first-order chi connectivity index (χ1) is 3.18. The fourth-order valence-electron chi connectivity index (χ4n) is 0.204. The second-order valence-corrected chi connectivity index (χ2v) is 1.89. The SMILES string of the molecule is C=CC(C)=C(C)C.[HH]. The second kappa shape index (κ2) is 2.62. The molecule has 0 aromatic heterocycles. The van der Waals surface area contributed by atoms with Gasteiger partial charge in [-0.3, -0.25) is 0 Å². The average Bonchev–Trinajstić information content (AvgIpc) is 1.65. The lowest BCUT2D eigenvalue weighted by atomic mass is 10.2. The molecule has 0 N–H and O–H groups in total. The van der Waals surface area contributed by atoms with Crippen molar-refractivity contribution in [1.82, 2.24) is 0 Å². The van der Waals surface area contributed by atoms with Gasteiger partial charge in [0.05, 0.1) is 0 Å². The quantitative estimate of drug-likeness (QED) is 0.442. The van der Waals surface area contributed by atoms with Crippen molar-refractivity contribution in [3.8, 4) is 0 Å². The molecule has 0 aromatic rings. The molecular weight excluding hydrogens is 84.1 g/mol. The number of allylic oxidation sites excluding steroid dienone is 3. The Morgan fingerprint density at radius 1 is 1.43 bits per heavy atom. The van der Waals surface area contributed by atoms with Crippen LogP contribution in [-0.2, 0) is 0 Å². The van der Waals surface area contributed by atoms with Crippen LogP contribution in [0.1, 0.15) is 22.2 Å². The lowest BCUT2D eigenvalue weighted by Crippen LogP contribution is -1.69. The van der Waals surface area contributed by atoms with Gasteiger partial charge in [-0.1, -0.05) is 23.8 Å². The monoisotopic (exact) mass is 98.1 g/mol. The summed E-state index contributed by atoms with van der Waals surface area (Å²) in [5.74, 6) is 0. The van der Waals surface area contributed by atoms with E-state index in [1.165, 1.54) is 11.1 Å². The van der Waals surface area contributed by atoms with Crippen LogP contribution in [0.25, 0.3) is 0 Å². The molecule has 0 fully saturated rings. The van der Waals surface area contributed by atoms with Crippen LogP contribution in [0.2, 0.25) is 0 Å². The van der Waals surface area contributed by atoms with Gasteiger partial charge in [0.1, 0.15) is 0 Å². The summed E-state index contributed by atoms with van der Waals surface area (Å²) in [6, 6.07) is 0. The Morgan fingerprint density at radius 3 is 1.86 bits per heavy atom. The molecule has 0 heterocycles. The third-order valence-corrected chi connectivity index (χ3v) is 1.09. The Balaban J connectivity index is 0. The highest BCUT2D eigenvalue weighted by molar-refractivity contribution is 5.18. The largest absolute Gasteiger partial charge is 0.0988 e. The van der Waals surface area contributed by atoms with Gasteiger partial charge in [0.2, 0.25) is 0 Å². The van der Waals surface area contributed by atoms with Crippen LogP contribution in [0.5, 0.6) is 0 Å². The van der Waals surface area contributed by atoms with Crippen molar-refractivity contribution in [2.45, 2.75) is 20.8 Å². The van der Waals surface area contributed by atoms with E-state index in [4.69, 9.17) is 0 Å². The summed E-state index contributed by atoms with van der Waals surface area (Å²) in [5.41, 5.74) is 2.62. The standard InChI is InChI=1S/C7H12.H2/c1-5-7(4)6(2)3;/h5H,1H2,2-4H3;1H. The fraction of sp³-hybridized carbons (Fsp3) is 0.429. The predicted molar refractivity (Wildman–Crippen MR) is 36.4 cm³/mol. The molecule has 0 rings (SSSR count). The Morgan fingerprint density at radius 2 is 1.86 bits per heavy atom. The van der Waals surface area contributed by atoms with Crippen LogP contribution < -0.4 is 0 Å². The van der Waals surface area contributed by atoms with Crippen LogP contribution in [0.4, 0.5) is 0 Å². The molecule has 0 saturated carbocycles. The minimum Gasteiger partial charge on any atom is -0.0988 e. The van der Waals surface area contributed by atoms with Crippen LogP contribution >= 0.6 is 0 Å². The first-order valence-electron chi connectivity index (χ1n) is 2.45. The zero-order valence-electron chi connectivity index (χ0n) is 5.28. The first kappa shape index (κ1) is 6.48. The summed E-state index contributed by atoms with van der Waals surface area (Å²) in [6.45, 7) is 9.84. The van der Waals surface area contributed by atoms with Crippen molar-refractivity contribution in [1.29, 1.82) is 0 Å². The maximum Gasteiger partial charge on any atom is 0 e. The Bertz CT molecular complexity index is 97.0. The van der Waals surface area contributed by atoms with Gasteiger partial charge in [-0.05, 0) is 20.8 Å². The molecule has 0 amide bonds. The normalized spacial score (nSPS) is 7.86. The molecule has 0 saturated heterocycles. The summed E-state index contributed by atoms with van der Waals surface area (Å²) in [6.07, 6.45) is 1.87. The number of rotatable bonds is 1. The highest BCUT2D eigenvalue weighted by atomic mass is 13.9. The molecular formula is C7H14. The second-order valence-electron chi connectivity index (χ2n) is 1.89. The van der Waals surface area contributed by atoms with Crippen molar-refractivity contribution in [2.75, 3.05) is 0 Å². The number of hydrogen-bond acceptors (Lipinski definition) is 0. The molecule has 0 aliphatic heterocycles. The first-order valence-corrected chi connectivity index (χ1v) is 2.45. The number of hydrogen-bond donors (Lipinski definition) is 0. The van der Waals surface area contributed by atoms with Crippen molar-refractivity contribution in [2.24, 2.45) is 0 Å². The van der Waals surface area contributed by atoms with E-state index in [0.717, 1.165) is 0 Å². The summed E-state index contributed by atoms with van der Waals surface area (Å²) in [7, 11) is 0. The molecule has 0 aromatic carbocycles. The zero-order chi connectivity index (χ0) is 5.86. The summed E-state index contributed by atoms with van der Waals surface area (Å²) < 4.78 is 0. The van der Waals surface area contributed by atoms with E-state index >= 15 is 0 Å². The van der Waals surface area contributed by atoms with Crippen LogP contribution in [0.15, 0.2) is 23.8 Å². The molecule has 0 aliphatic rings. The molecule has 0 radical (unpaired) electrons. The highest BCUT2D eigenvalue weighted by Crippen LogP contribution is 2.00. The third kappa shape index (κ3) is 2.21. The molecule has 0 aliphatic carbocycles. The van der Waals surface area contributed by atoms with E-state index in [1.807, 2.05) is 6.08 Å². The van der Waals surface area contributed by atoms with Gasteiger partial charge < -0.3 is 0 Å². The molecule has 0 heteroatoms. The van der Waals surface area contributed by atoms with Crippen molar-refractivity contribution in [3.63, 3.8) is 0 Å². The third-order valence-electron chi connectivity index (χ3n) is 1.09. The Kier molecular flexibility index (Phi) is 2.42. The van der Waals surface area contributed by atoms with Crippen molar-refractivity contribution >= 4 is 0 Å². The van der Waals surface area contributed by atoms with Crippen molar-refractivity contribution < 1.29 is 1.43 Å². The Labute approximate surface area is 47.0 Å². The maximum absolute atomic E-state index is 3.62. The maximum atomic E-state index is 3.62. The minimum absolute atomic E-state index is 0. The summed E-state index contributed by atoms with van der Waals surface area (Å²) in [4.78, 5) is 0. The Hall–Kier alpha value is -0.520. The van der Waals surface area contributed by atoms with E-state index in [1.54, 1.807) is 0 Å². The lowest BCUT2D eigenvalue weighted by Gasteiger charge is -1.90. The van der Waals surface area contributed by atoms with Crippen LogP contribution in [0.3, 0.4) is 0 Å². The molecule has 0 unspecified atom stereocenters. The van der Waals surface area contributed by atoms with Crippen molar-refractivity contribution in [3.05, 3.63) is 23.8 Å². The highest BCUT2D eigenvalue weighted by Gasteiger charge is 1.79. The van der Waals surface area contributed by atoms with Gasteiger partial charge in [0.25, 0.3) is 0 Å². The topological polar surface area (TPSA) is 0 Å². The zero-order valence-corrected chi connectivity index (χ0v) is 5.28. The van der Waals surface area contributed by atoms with Gasteiger partial charge in [-0.15, -0.1) is 0 Å². The summed E-state index contributed by atoms with van der Waals surface area (Å²) >= 11 is 0. The lowest BCUT2D eigenvalue weighted by molar-refractivity contribution is 1.30. The van der Waals surface area contributed by atoms with Gasteiger partial charge in [-0.2, -0.15) is 0 Å². The molecule has 42 valence electrons.